The minimum absolute atomic E-state index is 0.0584. The fraction of sp³-hybridized carbons (Fsp3) is 0.417. The lowest BCUT2D eigenvalue weighted by Crippen LogP contribution is -2.34. The van der Waals surface area contributed by atoms with Crippen LogP contribution in [0.4, 0.5) is 13.2 Å². The van der Waals surface area contributed by atoms with E-state index in [2.05, 4.69) is 0 Å². The maximum Gasteiger partial charge on any atom is 0.417 e. The van der Waals surface area contributed by atoms with Crippen molar-refractivity contribution in [1.29, 1.82) is 0 Å². The van der Waals surface area contributed by atoms with Crippen LogP contribution < -0.4 is 4.74 Å². The molecule has 1 aromatic carbocycles. The van der Waals surface area contributed by atoms with Crippen molar-refractivity contribution in [2.24, 2.45) is 0 Å². The van der Waals surface area contributed by atoms with Crippen LogP contribution >= 0.6 is 0 Å². The Bertz CT molecular complexity index is 398. The molecule has 1 N–H and O–H groups in total. The number of hydrogen-bond donors (Lipinski definition) is 1. The van der Waals surface area contributed by atoms with Gasteiger partial charge in [0.2, 0.25) is 0 Å². The van der Waals surface area contributed by atoms with Crippen LogP contribution in [0.3, 0.4) is 0 Å². The Kier molecular flexibility index (Phi) is 4.72. The molecular weight excluding hydrogens is 249 g/mol. The third-order valence-corrected chi connectivity index (χ3v) is 2.28. The van der Waals surface area contributed by atoms with Gasteiger partial charge in [-0.05, 0) is 24.3 Å². The molecule has 6 heteroatoms. The predicted molar refractivity (Wildman–Crippen MR) is 58.6 cm³/mol. The van der Waals surface area contributed by atoms with Gasteiger partial charge in [-0.25, -0.2) is 0 Å². The Hall–Kier alpha value is -1.56. The molecule has 1 unspecified atom stereocenters. The highest BCUT2D eigenvalue weighted by atomic mass is 19.4. The molecule has 3 nitrogen and oxygen atoms in total. The summed E-state index contributed by atoms with van der Waals surface area (Å²) in [7, 11) is 0. The van der Waals surface area contributed by atoms with Gasteiger partial charge >= 0.3 is 6.18 Å². The summed E-state index contributed by atoms with van der Waals surface area (Å²) in [4.78, 5) is 11.3. The Morgan fingerprint density at radius 1 is 1.33 bits per heavy atom. The standard InChI is InChI=1S/C12H13F3O3/c1-2-10(16)8-3-5-9(6-4-8)18-7-11(17)12(13,14)15/h3-6,11,17H,2,7H2,1H3. The van der Waals surface area contributed by atoms with Crippen molar-refractivity contribution in [2.45, 2.75) is 25.6 Å². The van der Waals surface area contributed by atoms with Crippen LogP contribution in [0.5, 0.6) is 5.75 Å². The number of benzene rings is 1. The SMILES string of the molecule is CCC(=O)c1ccc(OCC(O)C(F)(F)F)cc1. The van der Waals surface area contributed by atoms with Gasteiger partial charge in [-0.3, -0.25) is 4.79 Å². The Labute approximate surface area is 102 Å². The predicted octanol–water partition coefficient (Wildman–Crippen LogP) is 2.58. The third-order valence-electron chi connectivity index (χ3n) is 2.28. The fourth-order valence-corrected chi connectivity index (χ4v) is 1.21. The van der Waals surface area contributed by atoms with Crippen LogP contribution in [0.15, 0.2) is 24.3 Å². The van der Waals surface area contributed by atoms with Crippen molar-refractivity contribution < 1.29 is 27.8 Å². The third kappa shape index (κ3) is 4.03. The van der Waals surface area contributed by atoms with Crippen LogP contribution in [-0.2, 0) is 0 Å². The van der Waals surface area contributed by atoms with E-state index in [0.717, 1.165) is 0 Å². The number of hydrogen-bond acceptors (Lipinski definition) is 3. The van der Waals surface area contributed by atoms with E-state index >= 15 is 0 Å². The van der Waals surface area contributed by atoms with Crippen LogP contribution in [0, 0.1) is 0 Å². The molecule has 0 saturated carbocycles. The summed E-state index contributed by atoms with van der Waals surface area (Å²) in [6, 6.07) is 5.74. The maximum atomic E-state index is 12.0. The van der Waals surface area contributed by atoms with E-state index in [9.17, 15) is 18.0 Å². The molecule has 0 aliphatic heterocycles. The highest BCUT2D eigenvalue weighted by Gasteiger charge is 2.38. The van der Waals surface area contributed by atoms with E-state index in [1.165, 1.54) is 24.3 Å². The van der Waals surface area contributed by atoms with Crippen molar-refractivity contribution >= 4 is 5.78 Å². The van der Waals surface area contributed by atoms with Gasteiger partial charge < -0.3 is 9.84 Å². The molecule has 0 amide bonds. The molecule has 1 rings (SSSR count). The second kappa shape index (κ2) is 5.86. The summed E-state index contributed by atoms with van der Waals surface area (Å²) in [6.07, 6.45) is -6.86. The maximum absolute atomic E-state index is 12.0. The van der Waals surface area contributed by atoms with E-state index in [1.54, 1.807) is 6.92 Å². The number of Topliss-reactive ketones (excluding diaryl/α,β-unsaturated/α-hetero) is 1. The van der Waals surface area contributed by atoms with E-state index in [0.29, 0.717) is 12.0 Å². The number of carbonyl (C=O) groups is 1. The van der Waals surface area contributed by atoms with Crippen LogP contribution in [-0.4, -0.2) is 29.8 Å². The molecule has 100 valence electrons. The summed E-state index contributed by atoms with van der Waals surface area (Å²) in [5.41, 5.74) is 0.473. The summed E-state index contributed by atoms with van der Waals surface area (Å²) in [6.45, 7) is 0.844. The zero-order valence-corrected chi connectivity index (χ0v) is 9.70. The van der Waals surface area contributed by atoms with E-state index < -0.39 is 18.9 Å². The zero-order chi connectivity index (χ0) is 13.8. The minimum Gasteiger partial charge on any atom is -0.491 e. The highest BCUT2D eigenvalue weighted by Crippen LogP contribution is 2.21. The smallest absolute Gasteiger partial charge is 0.417 e. The number of ether oxygens (including phenoxy) is 1. The molecule has 0 spiro atoms. The summed E-state index contributed by atoms with van der Waals surface area (Å²) >= 11 is 0. The average Bonchev–Trinajstić information content (AvgIpc) is 2.34. The van der Waals surface area contributed by atoms with Gasteiger partial charge in [0, 0.05) is 12.0 Å². The van der Waals surface area contributed by atoms with E-state index in [-0.39, 0.29) is 11.5 Å². The molecule has 0 bridgehead atoms. The van der Waals surface area contributed by atoms with Gasteiger partial charge in [-0.15, -0.1) is 0 Å². The second-order valence-electron chi connectivity index (χ2n) is 3.67. The first-order chi connectivity index (χ1) is 8.34. The normalized spacial score (nSPS) is 13.2. The molecule has 0 aliphatic carbocycles. The van der Waals surface area contributed by atoms with Crippen molar-refractivity contribution in [2.75, 3.05) is 6.61 Å². The zero-order valence-electron chi connectivity index (χ0n) is 9.70. The van der Waals surface area contributed by atoms with Gasteiger partial charge in [0.25, 0.3) is 0 Å². The van der Waals surface area contributed by atoms with Crippen LogP contribution in [0.25, 0.3) is 0 Å². The van der Waals surface area contributed by atoms with E-state index in [4.69, 9.17) is 9.84 Å². The van der Waals surface area contributed by atoms with Gasteiger partial charge in [0.1, 0.15) is 12.4 Å². The molecular formula is C12H13F3O3. The number of alkyl halides is 3. The monoisotopic (exact) mass is 262 g/mol. The number of aliphatic hydroxyl groups excluding tert-OH is 1. The molecule has 0 saturated heterocycles. The van der Waals surface area contributed by atoms with Gasteiger partial charge in [0.15, 0.2) is 11.9 Å². The lowest BCUT2D eigenvalue weighted by molar-refractivity contribution is -0.210. The van der Waals surface area contributed by atoms with Crippen LogP contribution in [0.2, 0.25) is 0 Å². The van der Waals surface area contributed by atoms with Gasteiger partial charge in [-0.2, -0.15) is 13.2 Å². The van der Waals surface area contributed by atoms with Crippen molar-refractivity contribution in [3.05, 3.63) is 29.8 Å². The summed E-state index contributed by atoms with van der Waals surface area (Å²) in [5.74, 6) is 0.114. The minimum atomic E-state index is -4.70. The number of rotatable bonds is 5. The van der Waals surface area contributed by atoms with Crippen LogP contribution in [0.1, 0.15) is 23.7 Å². The molecule has 0 aliphatic rings. The Balaban J connectivity index is 2.57. The lowest BCUT2D eigenvalue weighted by Gasteiger charge is -2.15. The Morgan fingerprint density at radius 2 is 1.89 bits per heavy atom. The molecule has 1 aromatic rings. The fourth-order valence-electron chi connectivity index (χ4n) is 1.21. The molecule has 18 heavy (non-hydrogen) atoms. The first-order valence-electron chi connectivity index (χ1n) is 5.35. The molecule has 0 fully saturated rings. The quantitative estimate of drug-likeness (QED) is 0.829. The van der Waals surface area contributed by atoms with Crippen molar-refractivity contribution in [3.8, 4) is 5.75 Å². The molecule has 0 aromatic heterocycles. The first-order valence-corrected chi connectivity index (χ1v) is 5.35. The molecule has 0 radical (unpaired) electrons. The Morgan fingerprint density at radius 3 is 2.33 bits per heavy atom. The lowest BCUT2D eigenvalue weighted by atomic mass is 10.1. The number of ketones is 1. The van der Waals surface area contributed by atoms with Gasteiger partial charge in [0.05, 0.1) is 0 Å². The van der Waals surface area contributed by atoms with Crippen molar-refractivity contribution in [3.63, 3.8) is 0 Å². The van der Waals surface area contributed by atoms with Gasteiger partial charge in [-0.1, -0.05) is 6.92 Å². The number of halogens is 3. The second-order valence-corrected chi connectivity index (χ2v) is 3.67. The summed E-state index contributed by atoms with van der Waals surface area (Å²) < 4.78 is 40.8. The number of aliphatic hydroxyl groups is 1. The first kappa shape index (κ1) is 14.5. The largest absolute Gasteiger partial charge is 0.491 e. The van der Waals surface area contributed by atoms with E-state index in [1.807, 2.05) is 0 Å². The average molecular weight is 262 g/mol. The highest BCUT2D eigenvalue weighted by molar-refractivity contribution is 5.95. The molecule has 1 atom stereocenters. The van der Waals surface area contributed by atoms with Crippen molar-refractivity contribution in [1.82, 2.24) is 0 Å². The molecule has 0 heterocycles. The number of carbonyl (C=O) groups excluding carboxylic acids is 1. The topological polar surface area (TPSA) is 46.5 Å². The summed E-state index contributed by atoms with van der Waals surface area (Å²) in [5, 5.41) is 8.72.